The molecule has 1 heterocycles. The second-order valence-electron chi connectivity index (χ2n) is 3.79. The van der Waals surface area contributed by atoms with Crippen molar-refractivity contribution in [1.82, 2.24) is 4.98 Å². The largest absolute Gasteiger partial charge is 0.465 e. The zero-order valence-corrected chi connectivity index (χ0v) is 11.9. The van der Waals surface area contributed by atoms with Gasteiger partial charge in [0.25, 0.3) is 0 Å². The average molecular weight is 313 g/mol. The molecule has 0 aliphatic heterocycles. The molecule has 1 aromatic carbocycles. The van der Waals surface area contributed by atoms with Crippen LogP contribution in [-0.4, -0.2) is 18.1 Å². The quantitative estimate of drug-likeness (QED) is 0.877. The maximum absolute atomic E-state index is 11.7. The molecule has 0 radical (unpaired) electrons. The highest BCUT2D eigenvalue weighted by molar-refractivity contribution is 6.35. The molecule has 0 saturated heterocycles. The first kappa shape index (κ1) is 14.4. The third-order valence-electron chi connectivity index (χ3n) is 2.38. The number of halogens is 2. The fourth-order valence-electron chi connectivity index (χ4n) is 1.47. The number of esters is 1. The molecule has 1 aromatic heterocycles. The first-order valence-electron chi connectivity index (χ1n) is 5.48. The normalized spacial score (nSPS) is 10.2. The van der Waals surface area contributed by atoms with E-state index < -0.39 is 5.97 Å². The number of nitrogen functional groups attached to an aromatic ring is 1. The van der Waals surface area contributed by atoms with Gasteiger partial charge in [-0.1, -0.05) is 23.2 Å². The summed E-state index contributed by atoms with van der Waals surface area (Å²) in [7, 11) is 1.25. The van der Waals surface area contributed by atoms with Crippen molar-refractivity contribution in [3.63, 3.8) is 0 Å². The maximum atomic E-state index is 11.7. The van der Waals surface area contributed by atoms with E-state index >= 15 is 0 Å². The zero-order valence-electron chi connectivity index (χ0n) is 10.4. The minimum absolute atomic E-state index is 0.0512. The number of nitrogens with two attached hydrogens (primary N) is 1. The number of carbonyl (C=O) groups excluding carboxylic acids is 1. The minimum Gasteiger partial charge on any atom is -0.465 e. The number of hydrogen-bond donors (Lipinski definition) is 1. The van der Waals surface area contributed by atoms with Crippen molar-refractivity contribution in [2.75, 3.05) is 12.8 Å². The van der Waals surface area contributed by atoms with Crippen LogP contribution >= 0.6 is 23.2 Å². The van der Waals surface area contributed by atoms with Crippen LogP contribution in [-0.2, 0) is 4.74 Å². The number of benzene rings is 1. The van der Waals surface area contributed by atoms with Gasteiger partial charge in [-0.15, -0.1) is 0 Å². The van der Waals surface area contributed by atoms with E-state index in [0.29, 0.717) is 21.5 Å². The van der Waals surface area contributed by atoms with E-state index in [9.17, 15) is 4.79 Å². The third kappa shape index (κ3) is 3.12. The van der Waals surface area contributed by atoms with Gasteiger partial charge in [0.05, 0.1) is 24.0 Å². The van der Waals surface area contributed by atoms with Crippen LogP contribution in [0.4, 0.5) is 5.69 Å². The molecule has 7 heteroatoms. The first-order chi connectivity index (χ1) is 9.51. The monoisotopic (exact) mass is 312 g/mol. The Bertz CT molecular complexity index is 662. The highest BCUT2D eigenvalue weighted by Crippen LogP contribution is 2.32. The standard InChI is InChI=1S/C13H10Cl2N2O3/c1-19-13(18)9-5-8(16)6-17-12(9)20-11-3-2-7(14)4-10(11)15/h2-6H,16H2,1H3. The van der Waals surface area contributed by atoms with E-state index in [4.69, 9.17) is 33.7 Å². The molecule has 0 spiro atoms. The Morgan fingerprint density at radius 2 is 2.05 bits per heavy atom. The molecule has 2 N–H and O–H groups in total. The minimum atomic E-state index is -0.607. The summed E-state index contributed by atoms with van der Waals surface area (Å²) >= 11 is 11.8. The number of methoxy groups -OCH3 is 1. The number of ether oxygens (including phenoxy) is 2. The van der Waals surface area contributed by atoms with E-state index in [-0.39, 0.29) is 11.4 Å². The van der Waals surface area contributed by atoms with Gasteiger partial charge in [0.2, 0.25) is 5.88 Å². The Kier molecular flexibility index (Phi) is 4.32. The average Bonchev–Trinajstić information content (AvgIpc) is 2.42. The zero-order chi connectivity index (χ0) is 14.7. The highest BCUT2D eigenvalue weighted by atomic mass is 35.5. The van der Waals surface area contributed by atoms with Crippen molar-refractivity contribution in [2.45, 2.75) is 0 Å². The maximum Gasteiger partial charge on any atom is 0.343 e. The summed E-state index contributed by atoms with van der Waals surface area (Å²) in [4.78, 5) is 15.6. The molecule has 104 valence electrons. The predicted octanol–water partition coefficient (Wildman–Crippen LogP) is 3.55. The molecular weight excluding hydrogens is 303 g/mol. The summed E-state index contributed by atoms with van der Waals surface area (Å²) in [6.45, 7) is 0. The molecule has 0 fully saturated rings. The van der Waals surface area contributed by atoms with Gasteiger partial charge in [0, 0.05) is 5.02 Å². The second kappa shape index (κ2) is 5.98. The number of pyridine rings is 1. The number of anilines is 1. The SMILES string of the molecule is COC(=O)c1cc(N)cnc1Oc1ccc(Cl)cc1Cl. The van der Waals surface area contributed by atoms with E-state index in [1.165, 1.54) is 25.4 Å². The molecule has 20 heavy (non-hydrogen) atoms. The van der Waals surface area contributed by atoms with E-state index in [2.05, 4.69) is 9.72 Å². The summed E-state index contributed by atoms with van der Waals surface area (Å²) in [6.07, 6.45) is 1.37. The van der Waals surface area contributed by atoms with Crippen LogP contribution < -0.4 is 10.5 Å². The van der Waals surface area contributed by atoms with Crippen molar-refractivity contribution >= 4 is 34.9 Å². The predicted molar refractivity (Wildman–Crippen MR) is 76.5 cm³/mol. The fourth-order valence-corrected chi connectivity index (χ4v) is 1.92. The van der Waals surface area contributed by atoms with Crippen LogP contribution in [0.1, 0.15) is 10.4 Å². The molecule has 0 aliphatic carbocycles. The highest BCUT2D eigenvalue weighted by Gasteiger charge is 2.17. The van der Waals surface area contributed by atoms with Gasteiger partial charge in [-0.05, 0) is 24.3 Å². The summed E-state index contributed by atoms with van der Waals surface area (Å²) in [6, 6.07) is 6.12. The third-order valence-corrected chi connectivity index (χ3v) is 2.91. The van der Waals surface area contributed by atoms with Gasteiger partial charge >= 0.3 is 5.97 Å². The Labute approximate surface area is 125 Å². The summed E-state index contributed by atoms with van der Waals surface area (Å²) < 4.78 is 10.2. The molecule has 0 bridgehead atoms. The van der Waals surface area contributed by atoms with Crippen LogP contribution in [0.2, 0.25) is 10.0 Å². The van der Waals surface area contributed by atoms with Crippen molar-refractivity contribution in [1.29, 1.82) is 0 Å². The molecule has 0 atom stereocenters. The lowest BCUT2D eigenvalue weighted by Crippen LogP contribution is -2.06. The molecule has 0 unspecified atom stereocenters. The number of aromatic nitrogens is 1. The van der Waals surface area contributed by atoms with Gasteiger partial charge in [0.1, 0.15) is 11.3 Å². The number of carbonyl (C=O) groups is 1. The van der Waals surface area contributed by atoms with Crippen molar-refractivity contribution in [2.24, 2.45) is 0 Å². The lowest BCUT2D eigenvalue weighted by molar-refractivity contribution is 0.0597. The van der Waals surface area contributed by atoms with Crippen molar-refractivity contribution < 1.29 is 14.3 Å². The van der Waals surface area contributed by atoms with Crippen molar-refractivity contribution in [3.05, 3.63) is 46.1 Å². The number of nitrogens with zero attached hydrogens (tertiary/aromatic N) is 1. The van der Waals surface area contributed by atoms with Crippen molar-refractivity contribution in [3.8, 4) is 11.6 Å². The smallest absolute Gasteiger partial charge is 0.343 e. The Hall–Kier alpha value is -1.98. The number of rotatable bonds is 3. The molecule has 0 aliphatic rings. The lowest BCUT2D eigenvalue weighted by Gasteiger charge is -2.10. The molecular formula is C13H10Cl2N2O3. The van der Waals surface area contributed by atoms with Gasteiger partial charge in [-0.3, -0.25) is 0 Å². The van der Waals surface area contributed by atoms with Crippen LogP contribution in [0.3, 0.4) is 0 Å². The van der Waals surface area contributed by atoms with Crippen LogP contribution in [0.15, 0.2) is 30.5 Å². The molecule has 2 rings (SSSR count). The Morgan fingerprint density at radius 3 is 2.70 bits per heavy atom. The molecule has 5 nitrogen and oxygen atoms in total. The van der Waals surface area contributed by atoms with E-state index in [1.807, 2.05) is 0 Å². The van der Waals surface area contributed by atoms with E-state index in [0.717, 1.165) is 0 Å². The Morgan fingerprint density at radius 1 is 1.30 bits per heavy atom. The van der Waals surface area contributed by atoms with Crippen LogP contribution in [0, 0.1) is 0 Å². The second-order valence-corrected chi connectivity index (χ2v) is 4.63. The number of hydrogen-bond acceptors (Lipinski definition) is 5. The topological polar surface area (TPSA) is 74.4 Å². The fraction of sp³-hybridized carbons (Fsp3) is 0.0769. The summed E-state index contributed by atoms with van der Waals surface area (Å²) in [5.74, 6) is -0.237. The van der Waals surface area contributed by atoms with Gasteiger partial charge in [-0.25, -0.2) is 9.78 Å². The summed E-state index contributed by atoms with van der Waals surface area (Å²) in [5.41, 5.74) is 6.02. The van der Waals surface area contributed by atoms with Gasteiger partial charge in [-0.2, -0.15) is 0 Å². The molecule has 0 saturated carbocycles. The van der Waals surface area contributed by atoms with E-state index in [1.54, 1.807) is 12.1 Å². The van der Waals surface area contributed by atoms with Crippen LogP contribution in [0.5, 0.6) is 11.6 Å². The van der Waals surface area contributed by atoms with Gasteiger partial charge < -0.3 is 15.2 Å². The van der Waals surface area contributed by atoms with Gasteiger partial charge in [0.15, 0.2) is 0 Å². The Balaban J connectivity index is 2.40. The molecule has 2 aromatic rings. The lowest BCUT2D eigenvalue weighted by atomic mass is 10.2. The van der Waals surface area contributed by atoms with Crippen LogP contribution in [0.25, 0.3) is 0 Å². The molecule has 0 amide bonds. The summed E-state index contributed by atoms with van der Waals surface area (Å²) in [5, 5.41) is 0.771. The first-order valence-corrected chi connectivity index (χ1v) is 6.23.